The Bertz CT molecular complexity index is 1430. The Labute approximate surface area is 200 Å². The average Bonchev–Trinajstić information content (AvgIpc) is 3.50. The minimum Gasteiger partial charge on any atom is -0.368 e. The topological polar surface area (TPSA) is 92.8 Å². The van der Waals surface area contributed by atoms with Crippen LogP contribution in [0.3, 0.4) is 0 Å². The Morgan fingerprint density at radius 1 is 1.03 bits per heavy atom. The highest BCUT2D eigenvalue weighted by molar-refractivity contribution is 7.17. The molecule has 1 amide bonds. The molecule has 176 valence electrons. The number of carbonyl (C=O) groups excluding carboxylic acids is 2. The van der Waals surface area contributed by atoms with Crippen molar-refractivity contribution in [3.05, 3.63) is 57.5 Å². The van der Waals surface area contributed by atoms with Gasteiger partial charge in [0.15, 0.2) is 5.78 Å². The maximum absolute atomic E-state index is 12.8. The molecule has 0 bridgehead atoms. The van der Waals surface area contributed by atoms with Crippen molar-refractivity contribution in [2.24, 2.45) is 7.05 Å². The highest BCUT2D eigenvalue weighted by Gasteiger charge is 2.22. The first-order valence-electron chi connectivity index (χ1n) is 11.4. The van der Waals surface area contributed by atoms with Crippen LogP contribution in [0.1, 0.15) is 35.9 Å². The summed E-state index contributed by atoms with van der Waals surface area (Å²) >= 11 is 1.41. The van der Waals surface area contributed by atoms with E-state index >= 15 is 0 Å². The molecule has 9 nitrogen and oxygen atoms in total. The first-order valence-corrected chi connectivity index (χ1v) is 12.3. The zero-order valence-electron chi connectivity index (χ0n) is 19.2. The van der Waals surface area contributed by atoms with Gasteiger partial charge in [-0.3, -0.25) is 23.4 Å². The van der Waals surface area contributed by atoms with Gasteiger partial charge in [-0.25, -0.2) is 0 Å². The van der Waals surface area contributed by atoms with Crippen LogP contribution in [0.5, 0.6) is 0 Å². The molecule has 0 aliphatic carbocycles. The minimum atomic E-state index is -0.0689. The van der Waals surface area contributed by atoms with E-state index in [9.17, 15) is 14.4 Å². The van der Waals surface area contributed by atoms with Crippen LogP contribution in [0, 0.1) is 0 Å². The molecule has 5 rings (SSSR count). The molecule has 0 unspecified atom stereocenters. The Balaban J connectivity index is 1.18. The number of hydrogen-bond acceptors (Lipinski definition) is 7. The van der Waals surface area contributed by atoms with Crippen LogP contribution >= 0.6 is 11.3 Å². The van der Waals surface area contributed by atoms with Gasteiger partial charge in [-0.15, -0.1) is 21.5 Å². The fourth-order valence-electron chi connectivity index (χ4n) is 4.49. The smallest absolute Gasteiger partial charge is 0.272 e. The summed E-state index contributed by atoms with van der Waals surface area (Å²) in [6.45, 7) is 4.46. The fourth-order valence-corrected chi connectivity index (χ4v) is 5.34. The van der Waals surface area contributed by atoms with Gasteiger partial charge in [-0.1, -0.05) is 0 Å². The second-order valence-corrected chi connectivity index (χ2v) is 9.49. The van der Waals surface area contributed by atoms with Gasteiger partial charge in [-0.05, 0) is 49.1 Å². The number of fused-ring (bicyclic) bond motifs is 3. The summed E-state index contributed by atoms with van der Waals surface area (Å²) in [5.41, 5.74) is 2.53. The lowest BCUT2D eigenvalue weighted by Gasteiger charge is -2.36. The Kier molecular flexibility index (Phi) is 5.91. The maximum Gasteiger partial charge on any atom is 0.272 e. The van der Waals surface area contributed by atoms with Crippen LogP contribution in [-0.4, -0.2) is 61.9 Å². The number of benzene rings is 1. The van der Waals surface area contributed by atoms with Gasteiger partial charge in [0.2, 0.25) is 11.7 Å². The van der Waals surface area contributed by atoms with Gasteiger partial charge in [0, 0.05) is 57.3 Å². The molecule has 0 N–H and O–H groups in total. The summed E-state index contributed by atoms with van der Waals surface area (Å²) < 4.78 is 4.13. The van der Waals surface area contributed by atoms with Gasteiger partial charge < -0.3 is 9.80 Å². The maximum atomic E-state index is 12.8. The molecule has 4 aromatic rings. The molecule has 1 aliphatic rings. The second kappa shape index (κ2) is 9.02. The molecule has 0 radical (unpaired) electrons. The van der Waals surface area contributed by atoms with Crippen molar-refractivity contribution >= 4 is 44.7 Å². The van der Waals surface area contributed by atoms with E-state index in [4.69, 9.17) is 0 Å². The van der Waals surface area contributed by atoms with Gasteiger partial charge in [0.05, 0.1) is 5.52 Å². The number of rotatable bonds is 6. The number of piperazine rings is 1. The Hall–Kier alpha value is -3.53. The highest BCUT2D eigenvalue weighted by Crippen LogP contribution is 2.21. The molecule has 1 aromatic carbocycles. The van der Waals surface area contributed by atoms with Crippen LogP contribution in [0.15, 0.2) is 40.5 Å². The van der Waals surface area contributed by atoms with E-state index in [0.717, 1.165) is 30.1 Å². The van der Waals surface area contributed by atoms with Gasteiger partial charge in [-0.2, -0.15) is 0 Å². The van der Waals surface area contributed by atoms with E-state index in [1.54, 1.807) is 14.0 Å². The quantitative estimate of drug-likeness (QED) is 0.396. The van der Waals surface area contributed by atoms with Gasteiger partial charge in [0.25, 0.3) is 5.56 Å². The summed E-state index contributed by atoms with van der Waals surface area (Å²) in [4.78, 5) is 40.9. The largest absolute Gasteiger partial charge is 0.368 e. The second-order valence-electron chi connectivity index (χ2n) is 8.58. The molecular formula is C24H26N6O3S. The standard InChI is InChI=1S/C24H26N6O3S/c1-16(31)17-6-8-18(9-7-17)28-11-13-29(14-12-28)21(32)5-3-4-20-25-26-24-27(2)23(33)22-19(30(20)24)10-15-34-22/h6-10,15H,3-5,11-14H2,1-2H3. The van der Waals surface area contributed by atoms with Crippen LogP contribution in [0.4, 0.5) is 5.69 Å². The molecule has 1 fully saturated rings. The third kappa shape index (κ3) is 3.98. The van der Waals surface area contributed by atoms with Crippen molar-refractivity contribution in [2.45, 2.75) is 26.2 Å². The van der Waals surface area contributed by atoms with E-state index in [2.05, 4.69) is 15.1 Å². The minimum absolute atomic E-state index is 0.0601. The lowest BCUT2D eigenvalue weighted by Crippen LogP contribution is -2.48. The number of amides is 1. The van der Waals surface area contributed by atoms with Crippen LogP contribution in [0.2, 0.25) is 0 Å². The average molecular weight is 479 g/mol. The highest BCUT2D eigenvalue weighted by atomic mass is 32.1. The molecule has 1 saturated heterocycles. The lowest BCUT2D eigenvalue weighted by atomic mass is 10.1. The number of hydrogen-bond donors (Lipinski definition) is 0. The molecule has 4 heterocycles. The third-order valence-corrected chi connectivity index (χ3v) is 7.35. The zero-order valence-corrected chi connectivity index (χ0v) is 20.0. The van der Waals surface area contributed by atoms with Gasteiger partial charge in [0.1, 0.15) is 10.5 Å². The number of aryl methyl sites for hydroxylation is 2. The molecule has 34 heavy (non-hydrogen) atoms. The monoisotopic (exact) mass is 478 g/mol. The number of Topliss-reactive ketones (excluding diaryl/α,β-unsaturated/α-hetero) is 1. The zero-order chi connectivity index (χ0) is 23.8. The summed E-state index contributed by atoms with van der Waals surface area (Å²) in [5.74, 6) is 1.49. The van der Waals surface area contributed by atoms with Crippen molar-refractivity contribution in [3.63, 3.8) is 0 Å². The van der Waals surface area contributed by atoms with Crippen molar-refractivity contribution in [1.29, 1.82) is 0 Å². The van der Waals surface area contributed by atoms with Crippen LogP contribution < -0.4 is 10.5 Å². The molecular weight excluding hydrogens is 452 g/mol. The normalized spacial score (nSPS) is 14.3. The van der Waals surface area contributed by atoms with Crippen molar-refractivity contribution < 1.29 is 9.59 Å². The summed E-state index contributed by atoms with van der Waals surface area (Å²) in [6, 6.07) is 9.56. The first-order chi connectivity index (χ1) is 16.4. The van der Waals surface area contributed by atoms with E-state index in [0.29, 0.717) is 48.4 Å². The summed E-state index contributed by atoms with van der Waals surface area (Å²) in [6.07, 6.45) is 1.72. The van der Waals surface area contributed by atoms with E-state index in [1.807, 2.05) is 45.0 Å². The summed E-state index contributed by atoms with van der Waals surface area (Å²) in [7, 11) is 1.70. The molecule has 3 aromatic heterocycles. The molecule has 0 atom stereocenters. The Morgan fingerprint density at radius 2 is 1.76 bits per heavy atom. The van der Waals surface area contributed by atoms with Crippen molar-refractivity contribution in [3.8, 4) is 0 Å². The van der Waals surface area contributed by atoms with Crippen LogP contribution in [-0.2, 0) is 18.3 Å². The molecule has 1 aliphatic heterocycles. The number of ketones is 1. The number of anilines is 1. The van der Waals surface area contributed by atoms with Gasteiger partial charge >= 0.3 is 0 Å². The predicted octanol–water partition coefficient (Wildman–Crippen LogP) is 2.52. The first kappa shape index (κ1) is 22.3. The molecule has 0 saturated carbocycles. The van der Waals surface area contributed by atoms with E-state index in [-0.39, 0.29) is 17.2 Å². The Morgan fingerprint density at radius 3 is 2.47 bits per heavy atom. The SMILES string of the molecule is CC(=O)c1ccc(N2CCN(C(=O)CCCc3nnc4n(C)c(=O)c5sccc5n34)CC2)cc1. The number of nitrogens with zero attached hydrogens (tertiary/aromatic N) is 6. The van der Waals surface area contributed by atoms with Crippen molar-refractivity contribution in [2.75, 3.05) is 31.1 Å². The lowest BCUT2D eigenvalue weighted by molar-refractivity contribution is -0.131. The molecule has 10 heteroatoms. The number of thiophene rings is 1. The van der Waals surface area contributed by atoms with E-state index < -0.39 is 0 Å². The van der Waals surface area contributed by atoms with Crippen molar-refractivity contribution in [1.82, 2.24) is 24.1 Å². The van der Waals surface area contributed by atoms with Crippen LogP contribution in [0.25, 0.3) is 16.0 Å². The summed E-state index contributed by atoms with van der Waals surface area (Å²) in [5, 5.41) is 10.4. The number of carbonyl (C=O) groups is 2. The number of aromatic nitrogens is 4. The van der Waals surface area contributed by atoms with E-state index in [1.165, 1.54) is 15.9 Å². The predicted molar refractivity (Wildman–Crippen MR) is 132 cm³/mol. The third-order valence-electron chi connectivity index (χ3n) is 6.46. The fraction of sp³-hybridized carbons (Fsp3) is 0.375. The molecule has 0 spiro atoms.